The van der Waals surface area contributed by atoms with Gasteiger partial charge >= 0.3 is 5.97 Å². The largest absolute Gasteiger partial charge is 0.461 e. The van der Waals surface area contributed by atoms with Crippen molar-refractivity contribution < 1.29 is 24.5 Å². The fourth-order valence-electron chi connectivity index (χ4n) is 3.46. The van der Waals surface area contributed by atoms with Crippen LogP contribution in [0.15, 0.2) is 65.6 Å². The number of esters is 1. The minimum Gasteiger partial charge on any atom is -0.461 e. The lowest BCUT2D eigenvalue weighted by Crippen LogP contribution is -2.70. The summed E-state index contributed by atoms with van der Waals surface area (Å²) in [6.07, 6.45) is 0. The lowest BCUT2D eigenvalue weighted by Gasteiger charge is -2.48. The topological polar surface area (TPSA) is 95.9 Å². The molecule has 6 nitrogen and oxygen atoms in total. The molecule has 3 rings (SSSR count). The molecule has 4 atom stereocenters. The fourth-order valence-corrected chi connectivity index (χ4v) is 4.69. The molecule has 2 aromatic rings. The van der Waals surface area contributed by atoms with Crippen molar-refractivity contribution in [2.24, 2.45) is 11.8 Å². The van der Waals surface area contributed by atoms with Crippen LogP contribution in [0.4, 0.5) is 0 Å². The molecule has 1 saturated heterocycles. The Kier molecular flexibility index (Phi) is 6.95. The number of amides is 1. The number of benzene rings is 2. The van der Waals surface area contributed by atoms with Gasteiger partial charge in [0, 0.05) is 4.90 Å². The summed E-state index contributed by atoms with van der Waals surface area (Å²) in [6.45, 7) is 1.21. The van der Waals surface area contributed by atoms with Gasteiger partial charge in [0.25, 0.3) is 0 Å². The first-order valence-electron chi connectivity index (χ1n) is 9.45. The second-order valence-corrected chi connectivity index (χ2v) is 8.89. The molecular weight excluding hydrogens is 390 g/mol. The zero-order chi connectivity index (χ0) is 20.9. The number of thioether (sulfide) groups is 1. The number of hydrogen-bond acceptors (Lipinski definition) is 6. The Morgan fingerprint density at radius 3 is 2.31 bits per heavy atom. The highest BCUT2D eigenvalue weighted by atomic mass is 32.2. The van der Waals surface area contributed by atoms with Crippen molar-refractivity contribution in [2.45, 2.75) is 29.2 Å². The number of carbonyl (C=O) groups excluding carboxylic acids is 2. The van der Waals surface area contributed by atoms with Crippen LogP contribution in [0, 0.1) is 11.8 Å². The van der Waals surface area contributed by atoms with Gasteiger partial charge in [-0.15, -0.1) is 11.8 Å². The minimum absolute atomic E-state index is 0.0746. The number of hydrogen-bond donors (Lipinski definition) is 3. The molecule has 0 aromatic heterocycles. The third kappa shape index (κ3) is 4.80. The third-order valence-electron chi connectivity index (χ3n) is 5.18. The summed E-state index contributed by atoms with van der Waals surface area (Å²) in [4.78, 5) is 25.9. The molecule has 1 amide bonds. The zero-order valence-corrected chi connectivity index (χ0v) is 17.0. The van der Waals surface area contributed by atoms with E-state index in [2.05, 4.69) is 5.32 Å². The van der Waals surface area contributed by atoms with E-state index >= 15 is 0 Å². The molecule has 1 unspecified atom stereocenters. The van der Waals surface area contributed by atoms with Gasteiger partial charge in [0.1, 0.15) is 6.61 Å². The quantitative estimate of drug-likeness (QED) is 0.329. The van der Waals surface area contributed by atoms with Gasteiger partial charge in [0.05, 0.1) is 35.8 Å². The number of aliphatic hydroxyl groups is 2. The average molecular weight is 416 g/mol. The molecule has 29 heavy (non-hydrogen) atoms. The summed E-state index contributed by atoms with van der Waals surface area (Å²) in [7, 11) is 0. The van der Waals surface area contributed by atoms with Gasteiger partial charge in [-0.3, -0.25) is 9.59 Å². The molecule has 1 heterocycles. The predicted octanol–water partition coefficient (Wildman–Crippen LogP) is 2.00. The maximum Gasteiger partial charge on any atom is 0.312 e. The number of β-lactam (4-membered cyclic amide) rings is 1. The lowest BCUT2D eigenvalue weighted by molar-refractivity contribution is -0.162. The van der Waals surface area contributed by atoms with Gasteiger partial charge in [0.2, 0.25) is 5.91 Å². The number of aliphatic hydroxyl groups excluding tert-OH is 2. The van der Waals surface area contributed by atoms with Crippen molar-refractivity contribution >= 4 is 23.6 Å². The van der Waals surface area contributed by atoms with Crippen LogP contribution < -0.4 is 5.32 Å². The monoisotopic (exact) mass is 415 g/mol. The Morgan fingerprint density at radius 1 is 1.14 bits per heavy atom. The molecule has 2 aromatic carbocycles. The Balaban J connectivity index is 1.72. The second-order valence-electron chi connectivity index (χ2n) is 7.28. The van der Waals surface area contributed by atoms with E-state index in [0.29, 0.717) is 0 Å². The highest BCUT2D eigenvalue weighted by Crippen LogP contribution is 2.42. The molecule has 0 saturated carbocycles. The van der Waals surface area contributed by atoms with Crippen LogP contribution in [0.25, 0.3) is 0 Å². The second kappa shape index (κ2) is 9.43. The predicted molar refractivity (Wildman–Crippen MR) is 110 cm³/mol. The van der Waals surface area contributed by atoms with Crippen molar-refractivity contribution in [3.63, 3.8) is 0 Å². The van der Waals surface area contributed by atoms with Gasteiger partial charge in [-0.2, -0.15) is 0 Å². The lowest BCUT2D eigenvalue weighted by atomic mass is 9.74. The molecule has 1 aliphatic heterocycles. The minimum atomic E-state index is -0.986. The fraction of sp³-hybridized carbons (Fsp3) is 0.364. The molecule has 3 N–H and O–H groups in total. The van der Waals surface area contributed by atoms with E-state index in [4.69, 9.17) is 4.74 Å². The first-order chi connectivity index (χ1) is 14.0. The van der Waals surface area contributed by atoms with Gasteiger partial charge < -0.3 is 20.3 Å². The van der Waals surface area contributed by atoms with Crippen molar-refractivity contribution in [3.05, 3.63) is 66.2 Å². The van der Waals surface area contributed by atoms with E-state index in [9.17, 15) is 19.8 Å². The first-order valence-corrected chi connectivity index (χ1v) is 10.3. The van der Waals surface area contributed by atoms with Gasteiger partial charge in [-0.1, -0.05) is 48.5 Å². The van der Waals surface area contributed by atoms with Crippen molar-refractivity contribution in [3.8, 4) is 0 Å². The normalized spacial score (nSPS) is 21.4. The summed E-state index contributed by atoms with van der Waals surface area (Å²) >= 11 is 1.43. The summed E-state index contributed by atoms with van der Waals surface area (Å²) in [5, 5.41) is 22.7. The SMILES string of the molecule is CC(CO)(Sc1ccccc1)[C@H]1NC(=O)[C@H]1[C@H](CO)C(=O)OCc1ccccc1. The molecule has 7 heteroatoms. The van der Waals surface area contributed by atoms with E-state index in [1.54, 1.807) is 0 Å². The molecule has 1 aliphatic rings. The first kappa shape index (κ1) is 21.4. The molecule has 1 fully saturated rings. The number of carbonyl (C=O) groups is 2. The highest BCUT2D eigenvalue weighted by Gasteiger charge is 2.55. The highest BCUT2D eigenvalue weighted by molar-refractivity contribution is 8.00. The van der Waals surface area contributed by atoms with Crippen LogP contribution in [0.2, 0.25) is 0 Å². The van der Waals surface area contributed by atoms with Gasteiger partial charge in [0.15, 0.2) is 0 Å². The van der Waals surface area contributed by atoms with E-state index in [1.165, 1.54) is 11.8 Å². The Morgan fingerprint density at radius 2 is 1.76 bits per heavy atom. The summed E-state index contributed by atoms with van der Waals surface area (Å²) < 4.78 is 4.59. The van der Waals surface area contributed by atoms with E-state index in [-0.39, 0.29) is 19.1 Å². The number of ether oxygens (including phenoxy) is 1. The Hall–Kier alpha value is -2.35. The number of nitrogens with one attached hydrogen (secondary N) is 1. The standard InChI is InChI=1S/C22H25NO5S/c1-22(14-25,29-16-10-6-3-7-11-16)19-18(20(26)23-19)17(12-24)21(27)28-13-15-8-4-2-5-9-15/h2-11,17-19,24-25H,12-14H2,1H3,(H,23,26)/t17-,18-,19-,22?/m0/s1. The van der Waals surface area contributed by atoms with Crippen molar-refractivity contribution in [1.82, 2.24) is 5.32 Å². The van der Waals surface area contributed by atoms with Crippen LogP contribution in [-0.2, 0) is 20.9 Å². The molecule has 0 radical (unpaired) electrons. The maximum absolute atomic E-state index is 12.6. The van der Waals surface area contributed by atoms with Crippen LogP contribution in [0.1, 0.15) is 12.5 Å². The molecule has 0 bridgehead atoms. The molecule has 0 spiro atoms. The van der Waals surface area contributed by atoms with Crippen LogP contribution in [0.5, 0.6) is 0 Å². The van der Waals surface area contributed by atoms with Gasteiger partial charge in [-0.25, -0.2) is 0 Å². The smallest absolute Gasteiger partial charge is 0.312 e. The van der Waals surface area contributed by atoms with Crippen molar-refractivity contribution in [2.75, 3.05) is 13.2 Å². The third-order valence-corrected chi connectivity index (χ3v) is 6.54. The van der Waals surface area contributed by atoms with Crippen LogP contribution in [-0.4, -0.2) is 46.1 Å². The molecular formula is C22H25NO5S. The van der Waals surface area contributed by atoms with E-state index < -0.39 is 35.2 Å². The zero-order valence-electron chi connectivity index (χ0n) is 16.2. The summed E-state index contributed by atoms with van der Waals surface area (Å²) in [5.41, 5.74) is 0.826. The average Bonchev–Trinajstić information content (AvgIpc) is 2.75. The summed E-state index contributed by atoms with van der Waals surface area (Å²) in [5.74, 6) is -2.69. The maximum atomic E-state index is 12.6. The van der Waals surface area contributed by atoms with Crippen molar-refractivity contribution in [1.29, 1.82) is 0 Å². The Bertz CT molecular complexity index is 832. The number of rotatable bonds is 9. The molecule has 0 aliphatic carbocycles. The van der Waals surface area contributed by atoms with Crippen LogP contribution in [0.3, 0.4) is 0 Å². The van der Waals surface area contributed by atoms with E-state index in [0.717, 1.165) is 10.5 Å². The van der Waals surface area contributed by atoms with Gasteiger partial charge in [-0.05, 0) is 24.6 Å². The Labute approximate surface area is 174 Å². The van der Waals surface area contributed by atoms with Crippen LogP contribution >= 0.6 is 11.8 Å². The van der Waals surface area contributed by atoms with E-state index in [1.807, 2.05) is 67.6 Å². The summed E-state index contributed by atoms with van der Waals surface area (Å²) in [6, 6.07) is 18.3. The molecule has 154 valence electrons.